The van der Waals surface area contributed by atoms with E-state index >= 15 is 0 Å². The molecule has 0 aliphatic heterocycles. The Hall–Kier alpha value is -2.76. The maximum Gasteiger partial charge on any atom is 0.313 e. The number of hydrogen-bond donors (Lipinski definition) is 2. The molecule has 1 aliphatic carbocycles. The van der Waals surface area contributed by atoms with Crippen molar-refractivity contribution in [3.05, 3.63) is 64.7 Å². The summed E-state index contributed by atoms with van der Waals surface area (Å²) in [4.78, 5) is 24.0. The van der Waals surface area contributed by atoms with E-state index in [0.717, 1.165) is 37.0 Å². The summed E-state index contributed by atoms with van der Waals surface area (Å²) in [5, 5.41) is 4.76. The average Bonchev–Trinajstić information content (AvgIpc) is 2.63. The molecule has 136 valence electrons. The molecule has 2 amide bonds. The van der Waals surface area contributed by atoms with Crippen LogP contribution in [0.25, 0.3) is 0 Å². The number of aryl methyl sites for hydroxylation is 2. The lowest BCUT2D eigenvalue weighted by atomic mass is 9.89. The first-order valence-electron chi connectivity index (χ1n) is 8.62. The predicted octanol–water partition coefficient (Wildman–Crippen LogP) is 3.66. The van der Waals surface area contributed by atoms with Crippen molar-refractivity contribution >= 4 is 17.5 Å². The molecule has 4 nitrogen and oxygen atoms in total. The average molecular weight is 358 g/mol. The number of nitrogens with one attached hydrogen (secondary N) is 2. The van der Waals surface area contributed by atoms with Gasteiger partial charge in [-0.3, -0.25) is 9.59 Å². The number of hydrogen-bond acceptors (Lipinski definition) is 2. The van der Waals surface area contributed by atoms with Crippen LogP contribution in [0.3, 0.4) is 0 Å². The highest BCUT2D eigenvalue weighted by atomic mass is 19.1. The summed E-state index contributed by atoms with van der Waals surface area (Å²) >= 11 is 0. The Labute approximate surface area is 150 Å². The van der Waals surface area contributed by atoms with Crippen molar-refractivity contribution in [2.75, 3.05) is 5.32 Å². The molecule has 2 aromatic carbocycles. The first kappa shape index (κ1) is 18.0. The van der Waals surface area contributed by atoms with Gasteiger partial charge >= 0.3 is 11.8 Å². The van der Waals surface area contributed by atoms with Crippen molar-refractivity contribution in [3.8, 4) is 0 Å². The van der Waals surface area contributed by atoms with Gasteiger partial charge in [-0.25, -0.2) is 8.78 Å². The fraction of sp³-hybridized carbons (Fsp3) is 0.300. The lowest BCUT2D eigenvalue weighted by molar-refractivity contribution is -0.136. The summed E-state index contributed by atoms with van der Waals surface area (Å²) in [6, 6.07) is 8.45. The van der Waals surface area contributed by atoms with Gasteiger partial charge in [0.15, 0.2) is 0 Å². The summed E-state index contributed by atoms with van der Waals surface area (Å²) < 4.78 is 26.5. The van der Waals surface area contributed by atoms with Crippen LogP contribution < -0.4 is 10.6 Å². The van der Waals surface area contributed by atoms with Gasteiger partial charge in [-0.1, -0.05) is 18.2 Å². The van der Waals surface area contributed by atoms with Crippen LogP contribution in [0.5, 0.6) is 0 Å². The largest absolute Gasteiger partial charge is 0.341 e. The summed E-state index contributed by atoms with van der Waals surface area (Å²) in [5.74, 6) is -3.57. The molecule has 0 heterocycles. The van der Waals surface area contributed by atoms with Gasteiger partial charge in [0.1, 0.15) is 11.6 Å². The standard InChI is InChI=1S/C20H20F2N2O2/c1-12(14-7-6-13-4-2-3-5-15(13)10-14)23-19(25)20(26)24-18-9-8-16(21)11-17(18)22/h6-12H,2-5H2,1H3,(H,23,25)(H,24,26). The minimum atomic E-state index is -1.000. The highest BCUT2D eigenvalue weighted by Crippen LogP contribution is 2.24. The van der Waals surface area contributed by atoms with Gasteiger partial charge in [0.05, 0.1) is 11.7 Å². The molecule has 0 fully saturated rings. The third-order valence-electron chi connectivity index (χ3n) is 4.61. The third-order valence-corrected chi connectivity index (χ3v) is 4.61. The molecule has 26 heavy (non-hydrogen) atoms. The summed E-state index contributed by atoms with van der Waals surface area (Å²) in [7, 11) is 0. The molecule has 0 saturated heterocycles. The lowest BCUT2D eigenvalue weighted by Gasteiger charge is -2.20. The third kappa shape index (κ3) is 4.07. The van der Waals surface area contributed by atoms with E-state index in [-0.39, 0.29) is 11.7 Å². The Kier molecular flexibility index (Phi) is 5.30. The SMILES string of the molecule is CC(NC(=O)C(=O)Nc1ccc(F)cc1F)c1ccc2c(c1)CCCC2. The van der Waals surface area contributed by atoms with Crippen molar-refractivity contribution in [1.29, 1.82) is 0 Å². The summed E-state index contributed by atoms with van der Waals surface area (Å²) in [6.07, 6.45) is 4.44. The van der Waals surface area contributed by atoms with Gasteiger partial charge < -0.3 is 10.6 Å². The van der Waals surface area contributed by atoms with Crippen molar-refractivity contribution in [3.63, 3.8) is 0 Å². The zero-order valence-electron chi connectivity index (χ0n) is 14.4. The van der Waals surface area contributed by atoms with E-state index in [1.165, 1.54) is 17.5 Å². The van der Waals surface area contributed by atoms with Crippen molar-refractivity contribution < 1.29 is 18.4 Å². The van der Waals surface area contributed by atoms with Gasteiger partial charge in [-0.05, 0) is 61.4 Å². The zero-order chi connectivity index (χ0) is 18.7. The summed E-state index contributed by atoms with van der Waals surface area (Å²) in [6.45, 7) is 1.79. The monoisotopic (exact) mass is 358 g/mol. The topological polar surface area (TPSA) is 58.2 Å². The second kappa shape index (κ2) is 7.64. The molecule has 1 atom stereocenters. The molecular weight excluding hydrogens is 338 g/mol. The van der Waals surface area contributed by atoms with E-state index in [4.69, 9.17) is 0 Å². The number of fused-ring (bicyclic) bond motifs is 1. The van der Waals surface area contributed by atoms with Gasteiger partial charge in [-0.15, -0.1) is 0 Å². The smallest absolute Gasteiger partial charge is 0.313 e. The Bertz CT molecular complexity index is 852. The van der Waals surface area contributed by atoms with Crippen LogP contribution in [-0.4, -0.2) is 11.8 Å². The molecule has 0 aromatic heterocycles. The quantitative estimate of drug-likeness (QED) is 0.823. The molecular formula is C20H20F2N2O2. The fourth-order valence-electron chi connectivity index (χ4n) is 3.14. The number of amides is 2. The Morgan fingerprint density at radius 1 is 0.962 bits per heavy atom. The maximum atomic E-state index is 13.6. The number of anilines is 1. The molecule has 3 rings (SSSR count). The normalized spacial score (nSPS) is 14.3. The molecule has 1 unspecified atom stereocenters. The van der Waals surface area contributed by atoms with E-state index in [1.54, 1.807) is 6.92 Å². The highest BCUT2D eigenvalue weighted by molar-refractivity contribution is 6.39. The van der Waals surface area contributed by atoms with Crippen LogP contribution >= 0.6 is 0 Å². The van der Waals surface area contributed by atoms with Crippen LogP contribution in [0.4, 0.5) is 14.5 Å². The van der Waals surface area contributed by atoms with Crippen LogP contribution in [0, 0.1) is 11.6 Å². The fourth-order valence-corrected chi connectivity index (χ4v) is 3.14. The van der Waals surface area contributed by atoms with Gasteiger partial charge in [0.25, 0.3) is 0 Å². The Morgan fingerprint density at radius 2 is 1.69 bits per heavy atom. The molecule has 0 spiro atoms. The lowest BCUT2D eigenvalue weighted by Crippen LogP contribution is -2.37. The van der Waals surface area contributed by atoms with E-state index < -0.39 is 23.4 Å². The Balaban J connectivity index is 1.64. The number of halogens is 2. The number of rotatable bonds is 3. The van der Waals surface area contributed by atoms with E-state index in [9.17, 15) is 18.4 Å². The van der Waals surface area contributed by atoms with E-state index in [2.05, 4.69) is 22.8 Å². The van der Waals surface area contributed by atoms with Gasteiger partial charge in [0, 0.05) is 6.07 Å². The van der Waals surface area contributed by atoms with Crippen molar-refractivity contribution in [2.45, 2.75) is 38.6 Å². The number of carbonyl (C=O) groups is 2. The second-order valence-corrected chi connectivity index (χ2v) is 6.51. The number of carbonyl (C=O) groups excluding carboxylic acids is 2. The Morgan fingerprint density at radius 3 is 2.42 bits per heavy atom. The maximum absolute atomic E-state index is 13.6. The van der Waals surface area contributed by atoms with Crippen LogP contribution in [-0.2, 0) is 22.4 Å². The molecule has 2 aromatic rings. The van der Waals surface area contributed by atoms with Crippen molar-refractivity contribution in [1.82, 2.24) is 5.32 Å². The van der Waals surface area contributed by atoms with Crippen LogP contribution in [0.1, 0.15) is 42.5 Å². The molecule has 0 radical (unpaired) electrons. The van der Waals surface area contributed by atoms with Crippen LogP contribution in [0.2, 0.25) is 0 Å². The molecule has 0 saturated carbocycles. The second-order valence-electron chi connectivity index (χ2n) is 6.51. The highest BCUT2D eigenvalue weighted by Gasteiger charge is 2.19. The molecule has 1 aliphatic rings. The summed E-state index contributed by atoms with van der Waals surface area (Å²) in [5.41, 5.74) is 3.29. The number of benzene rings is 2. The van der Waals surface area contributed by atoms with Gasteiger partial charge in [0.2, 0.25) is 0 Å². The van der Waals surface area contributed by atoms with Crippen molar-refractivity contribution in [2.24, 2.45) is 0 Å². The first-order valence-corrected chi connectivity index (χ1v) is 8.62. The van der Waals surface area contributed by atoms with Crippen LogP contribution in [0.15, 0.2) is 36.4 Å². The minimum absolute atomic E-state index is 0.243. The molecule has 2 N–H and O–H groups in total. The molecule has 6 heteroatoms. The molecule has 0 bridgehead atoms. The minimum Gasteiger partial charge on any atom is -0.341 e. The predicted molar refractivity (Wildman–Crippen MR) is 94.6 cm³/mol. The van der Waals surface area contributed by atoms with E-state index in [1.807, 2.05) is 6.07 Å². The van der Waals surface area contributed by atoms with E-state index in [0.29, 0.717) is 6.07 Å². The van der Waals surface area contributed by atoms with Gasteiger partial charge in [-0.2, -0.15) is 0 Å². The first-order chi connectivity index (χ1) is 12.4. The zero-order valence-corrected chi connectivity index (χ0v) is 14.4.